The molecule has 25 heavy (non-hydrogen) atoms. The number of carbonyl (C=O) groups is 2. The summed E-state index contributed by atoms with van der Waals surface area (Å²) in [5.74, 6) is -0.546. The molecule has 0 radical (unpaired) electrons. The lowest BCUT2D eigenvalue weighted by molar-refractivity contribution is -0.117. The summed E-state index contributed by atoms with van der Waals surface area (Å²) < 4.78 is 5.05. The molecule has 0 bridgehead atoms. The number of hydrogen-bond acceptors (Lipinski definition) is 5. The van der Waals surface area contributed by atoms with Gasteiger partial charge >= 0.3 is 5.97 Å². The van der Waals surface area contributed by atoms with Crippen molar-refractivity contribution in [2.75, 3.05) is 25.0 Å². The van der Waals surface area contributed by atoms with Crippen LogP contribution in [0.3, 0.4) is 0 Å². The second-order valence-corrected chi connectivity index (χ2v) is 7.01. The normalized spacial score (nSPS) is 17.0. The van der Waals surface area contributed by atoms with Gasteiger partial charge in [-0.1, -0.05) is 12.1 Å². The molecule has 5 nitrogen and oxygen atoms in total. The Morgan fingerprint density at radius 1 is 1.32 bits per heavy atom. The van der Waals surface area contributed by atoms with Gasteiger partial charge in [-0.3, -0.25) is 9.69 Å². The van der Waals surface area contributed by atoms with Gasteiger partial charge in [-0.15, -0.1) is 11.3 Å². The second kappa shape index (κ2) is 7.80. The molecule has 0 fully saturated rings. The van der Waals surface area contributed by atoms with E-state index in [0.717, 1.165) is 13.0 Å². The Labute approximate surface area is 151 Å². The van der Waals surface area contributed by atoms with E-state index in [-0.39, 0.29) is 11.9 Å². The minimum Gasteiger partial charge on any atom is -0.462 e. The number of thiophene rings is 1. The first kappa shape index (κ1) is 17.6. The lowest BCUT2D eigenvalue weighted by Gasteiger charge is -2.32. The van der Waals surface area contributed by atoms with Gasteiger partial charge in [0, 0.05) is 17.5 Å². The number of ether oxygens (including phenoxy) is 1. The summed E-state index contributed by atoms with van der Waals surface area (Å²) in [5.41, 5.74) is 2.19. The average molecular weight is 358 g/mol. The van der Waals surface area contributed by atoms with Crippen molar-refractivity contribution in [1.29, 1.82) is 0 Å². The van der Waals surface area contributed by atoms with E-state index in [1.807, 2.05) is 0 Å². The predicted octanol–water partition coefficient (Wildman–Crippen LogP) is 3.48. The molecule has 1 N–H and O–H groups in total. The quantitative estimate of drug-likeness (QED) is 0.832. The van der Waals surface area contributed by atoms with Gasteiger partial charge in [0.25, 0.3) is 0 Å². The van der Waals surface area contributed by atoms with Crippen molar-refractivity contribution in [1.82, 2.24) is 4.90 Å². The molecule has 1 amide bonds. The Bertz CT molecular complexity index is 772. The Hall–Kier alpha value is -2.18. The van der Waals surface area contributed by atoms with Crippen LogP contribution in [-0.2, 0) is 16.0 Å². The first-order chi connectivity index (χ1) is 12.1. The highest BCUT2D eigenvalue weighted by molar-refractivity contribution is 7.10. The molecule has 1 atom stereocenters. The standard InChI is InChI=1S/C19H22N2O3S/c1-3-24-19(23)15-6-4-5-7-16(15)20-18(22)12-21-10-8-17-14(13(21)2)9-11-25-17/h4-7,9,11,13H,3,8,10,12H2,1-2H3,(H,20,22)/t13-/m1/s1. The van der Waals surface area contributed by atoms with Crippen molar-refractivity contribution in [3.05, 3.63) is 51.7 Å². The van der Waals surface area contributed by atoms with Crippen LogP contribution in [0.5, 0.6) is 0 Å². The summed E-state index contributed by atoms with van der Waals surface area (Å²) in [5, 5.41) is 4.97. The van der Waals surface area contributed by atoms with Crippen molar-refractivity contribution >= 4 is 28.9 Å². The van der Waals surface area contributed by atoms with Gasteiger partial charge in [-0.05, 0) is 49.4 Å². The van der Waals surface area contributed by atoms with Crippen LogP contribution in [0.2, 0.25) is 0 Å². The predicted molar refractivity (Wildman–Crippen MR) is 99.0 cm³/mol. The van der Waals surface area contributed by atoms with Gasteiger partial charge in [0.05, 0.1) is 24.4 Å². The van der Waals surface area contributed by atoms with Crippen molar-refractivity contribution < 1.29 is 14.3 Å². The zero-order chi connectivity index (χ0) is 17.8. The summed E-state index contributed by atoms with van der Waals surface area (Å²) in [6.45, 7) is 5.35. The van der Waals surface area contributed by atoms with Crippen molar-refractivity contribution in [2.24, 2.45) is 0 Å². The highest BCUT2D eigenvalue weighted by atomic mass is 32.1. The van der Waals surface area contributed by atoms with Gasteiger partial charge in [0.1, 0.15) is 0 Å². The van der Waals surface area contributed by atoms with Crippen molar-refractivity contribution in [3.8, 4) is 0 Å². The lowest BCUT2D eigenvalue weighted by Crippen LogP contribution is -2.39. The van der Waals surface area contributed by atoms with E-state index >= 15 is 0 Å². The summed E-state index contributed by atoms with van der Waals surface area (Å²) in [7, 11) is 0. The number of benzene rings is 1. The van der Waals surface area contributed by atoms with E-state index in [9.17, 15) is 9.59 Å². The molecule has 0 aliphatic carbocycles. The Balaban J connectivity index is 1.67. The number of carbonyl (C=O) groups excluding carboxylic acids is 2. The van der Waals surface area contributed by atoms with Crippen LogP contribution in [0.25, 0.3) is 0 Å². The summed E-state index contributed by atoms with van der Waals surface area (Å²) >= 11 is 1.78. The van der Waals surface area contributed by atoms with Crippen LogP contribution >= 0.6 is 11.3 Å². The van der Waals surface area contributed by atoms with Crippen molar-refractivity contribution in [3.63, 3.8) is 0 Å². The summed E-state index contributed by atoms with van der Waals surface area (Å²) in [6.07, 6.45) is 0.976. The molecule has 6 heteroatoms. The highest BCUT2D eigenvalue weighted by Gasteiger charge is 2.26. The summed E-state index contributed by atoms with van der Waals surface area (Å²) in [6, 6.07) is 9.30. The monoisotopic (exact) mass is 358 g/mol. The van der Waals surface area contributed by atoms with E-state index < -0.39 is 5.97 Å². The molecular formula is C19H22N2O3S. The van der Waals surface area contributed by atoms with E-state index in [2.05, 4.69) is 28.6 Å². The third kappa shape index (κ3) is 3.91. The fourth-order valence-electron chi connectivity index (χ4n) is 3.13. The second-order valence-electron chi connectivity index (χ2n) is 6.01. The first-order valence-electron chi connectivity index (χ1n) is 8.46. The van der Waals surface area contributed by atoms with Crippen LogP contribution < -0.4 is 5.32 Å². The maximum absolute atomic E-state index is 12.5. The Morgan fingerprint density at radius 3 is 2.92 bits per heavy atom. The molecule has 2 aromatic rings. The number of nitrogens with zero attached hydrogens (tertiary/aromatic N) is 1. The highest BCUT2D eigenvalue weighted by Crippen LogP contribution is 2.32. The Kier molecular flexibility index (Phi) is 5.50. The molecule has 0 spiro atoms. The topological polar surface area (TPSA) is 58.6 Å². The van der Waals surface area contributed by atoms with E-state index in [0.29, 0.717) is 24.4 Å². The molecule has 0 unspecified atom stereocenters. The van der Waals surface area contributed by atoms with Gasteiger partial charge < -0.3 is 10.1 Å². The van der Waals surface area contributed by atoms with Gasteiger partial charge in [0.2, 0.25) is 5.91 Å². The zero-order valence-corrected chi connectivity index (χ0v) is 15.3. The number of esters is 1. The molecular weight excluding hydrogens is 336 g/mol. The summed E-state index contributed by atoms with van der Waals surface area (Å²) in [4.78, 5) is 28.1. The van der Waals surface area contributed by atoms with Crippen LogP contribution in [0.15, 0.2) is 35.7 Å². The lowest BCUT2D eigenvalue weighted by atomic mass is 10.0. The van der Waals surface area contributed by atoms with E-state index in [4.69, 9.17) is 4.74 Å². The molecule has 2 heterocycles. The number of anilines is 1. The van der Waals surface area contributed by atoms with E-state index in [1.165, 1.54) is 10.4 Å². The molecule has 132 valence electrons. The molecule has 1 aliphatic heterocycles. The van der Waals surface area contributed by atoms with Crippen LogP contribution in [-0.4, -0.2) is 36.5 Å². The van der Waals surface area contributed by atoms with Crippen molar-refractivity contribution in [2.45, 2.75) is 26.3 Å². The fourth-order valence-corrected chi connectivity index (χ4v) is 4.09. The minimum absolute atomic E-state index is 0.123. The number of nitrogens with one attached hydrogen (secondary N) is 1. The van der Waals surface area contributed by atoms with Crippen LogP contribution in [0.1, 0.15) is 40.7 Å². The van der Waals surface area contributed by atoms with Crippen LogP contribution in [0, 0.1) is 0 Å². The fraction of sp³-hybridized carbons (Fsp3) is 0.368. The number of hydrogen-bond donors (Lipinski definition) is 1. The SMILES string of the molecule is CCOC(=O)c1ccccc1NC(=O)CN1CCc2sccc2[C@H]1C. The maximum atomic E-state index is 12.5. The van der Waals surface area contributed by atoms with Gasteiger partial charge in [0.15, 0.2) is 0 Å². The third-order valence-corrected chi connectivity index (χ3v) is 5.44. The zero-order valence-electron chi connectivity index (χ0n) is 14.5. The van der Waals surface area contributed by atoms with Gasteiger partial charge in [-0.25, -0.2) is 4.79 Å². The number of amides is 1. The number of rotatable bonds is 5. The molecule has 0 saturated heterocycles. The molecule has 0 saturated carbocycles. The molecule has 1 aromatic carbocycles. The Morgan fingerprint density at radius 2 is 2.12 bits per heavy atom. The first-order valence-corrected chi connectivity index (χ1v) is 9.34. The van der Waals surface area contributed by atoms with Gasteiger partial charge in [-0.2, -0.15) is 0 Å². The smallest absolute Gasteiger partial charge is 0.340 e. The molecule has 1 aromatic heterocycles. The van der Waals surface area contributed by atoms with E-state index in [1.54, 1.807) is 42.5 Å². The molecule has 1 aliphatic rings. The number of para-hydroxylation sites is 1. The van der Waals surface area contributed by atoms with Crippen LogP contribution in [0.4, 0.5) is 5.69 Å². The number of fused-ring (bicyclic) bond motifs is 1. The average Bonchev–Trinajstić information content (AvgIpc) is 3.07. The largest absolute Gasteiger partial charge is 0.462 e. The minimum atomic E-state index is -0.423. The third-order valence-electron chi connectivity index (χ3n) is 4.45. The molecule has 3 rings (SSSR count). The maximum Gasteiger partial charge on any atom is 0.340 e.